The lowest BCUT2D eigenvalue weighted by Gasteiger charge is -2.25. The second-order valence-corrected chi connectivity index (χ2v) is 8.38. The summed E-state index contributed by atoms with van der Waals surface area (Å²) in [6, 6.07) is 3.51. The van der Waals surface area contributed by atoms with E-state index in [-0.39, 0.29) is 5.91 Å². The van der Waals surface area contributed by atoms with E-state index in [9.17, 15) is 18.0 Å². The van der Waals surface area contributed by atoms with Crippen molar-refractivity contribution < 1.29 is 18.0 Å². The van der Waals surface area contributed by atoms with Gasteiger partial charge in [-0.15, -0.1) is 0 Å². The lowest BCUT2D eigenvalue weighted by atomic mass is 10.0. The highest BCUT2D eigenvalue weighted by molar-refractivity contribution is 14.1. The molecule has 3 rings (SSSR count). The fourth-order valence-electron chi connectivity index (χ4n) is 2.68. The van der Waals surface area contributed by atoms with E-state index in [2.05, 4.69) is 33.0 Å². The molecule has 1 aliphatic rings. The molecule has 1 N–H and O–H groups in total. The summed E-state index contributed by atoms with van der Waals surface area (Å²) in [5, 5.41) is 6.98. The minimum absolute atomic E-state index is 0.325. The molecule has 4 nitrogen and oxygen atoms in total. The van der Waals surface area contributed by atoms with Crippen molar-refractivity contribution in [3.05, 3.63) is 45.3 Å². The Balaban J connectivity index is 1.87. The summed E-state index contributed by atoms with van der Waals surface area (Å²) >= 11 is 2.10. The highest BCUT2D eigenvalue weighted by atomic mass is 127. The number of alkyl halides is 3. The van der Waals surface area contributed by atoms with Gasteiger partial charge in [0, 0.05) is 11.9 Å². The van der Waals surface area contributed by atoms with Crippen molar-refractivity contribution in [2.45, 2.75) is 44.8 Å². The van der Waals surface area contributed by atoms with Gasteiger partial charge < -0.3 is 5.32 Å². The van der Waals surface area contributed by atoms with Crippen molar-refractivity contribution >= 4 is 34.2 Å². The number of halogens is 4. The Kier molecular flexibility index (Phi) is 5.06. The Morgan fingerprint density at radius 2 is 2.04 bits per heavy atom. The summed E-state index contributed by atoms with van der Waals surface area (Å²) in [5.74, 6) is 0.0728. The molecule has 0 spiro atoms. The molecule has 1 aromatic carbocycles. The van der Waals surface area contributed by atoms with Gasteiger partial charge >= 0.3 is 6.18 Å². The molecule has 0 atom stereocenters. The molecule has 1 amide bonds. The van der Waals surface area contributed by atoms with Crippen LogP contribution in [0.3, 0.4) is 0 Å². The van der Waals surface area contributed by atoms with Crippen molar-refractivity contribution in [1.82, 2.24) is 9.78 Å². The number of rotatable bonds is 5. The molecule has 1 fully saturated rings. The maximum Gasteiger partial charge on any atom is 0.416 e. The van der Waals surface area contributed by atoms with E-state index >= 15 is 0 Å². The third-order valence-electron chi connectivity index (χ3n) is 4.57. The average molecular weight is 477 g/mol. The van der Waals surface area contributed by atoms with Crippen LogP contribution in [-0.4, -0.2) is 15.7 Å². The topological polar surface area (TPSA) is 46.9 Å². The molecule has 8 heteroatoms. The molecule has 1 saturated carbocycles. The maximum absolute atomic E-state index is 13.0. The Hall–Kier alpha value is -1.58. The molecule has 1 aliphatic carbocycles. The van der Waals surface area contributed by atoms with Crippen LogP contribution in [0.4, 0.5) is 18.9 Å². The van der Waals surface area contributed by atoms with Crippen molar-refractivity contribution in [1.29, 1.82) is 0 Å². The third-order valence-corrected chi connectivity index (χ3v) is 5.12. The number of carbonyl (C=O) groups excluding carboxylic acids is 1. The zero-order valence-electron chi connectivity index (χ0n) is 14.4. The van der Waals surface area contributed by atoms with Crippen LogP contribution in [0, 0.1) is 9.49 Å². The standard InChI is InChI=1S/C18H19F3IN3O/c1-17(2,25-10-14(22)9-23-25)16(26)24-15-6-5-13(18(19,20)21)8-12(15)7-11-3-4-11/h5-6,8-11H,3-4,7H2,1-2H3,(H,24,26). The molecule has 140 valence electrons. The molecule has 0 aliphatic heterocycles. The van der Waals surface area contributed by atoms with Gasteiger partial charge in [0.2, 0.25) is 0 Å². The number of amides is 1. The number of hydrogen-bond acceptors (Lipinski definition) is 2. The number of anilines is 1. The van der Waals surface area contributed by atoms with E-state index in [0.717, 1.165) is 28.5 Å². The minimum Gasteiger partial charge on any atom is -0.324 e. The predicted octanol–water partition coefficient (Wildman–Crippen LogP) is 4.83. The van der Waals surface area contributed by atoms with Crippen molar-refractivity contribution in [3.63, 3.8) is 0 Å². The molecule has 26 heavy (non-hydrogen) atoms. The van der Waals surface area contributed by atoms with Gasteiger partial charge in [-0.3, -0.25) is 9.48 Å². The van der Waals surface area contributed by atoms with Crippen molar-refractivity contribution in [2.75, 3.05) is 5.32 Å². The smallest absolute Gasteiger partial charge is 0.324 e. The highest BCUT2D eigenvalue weighted by Crippen LogP contribution is 2.38. The molecule has 1 heterocycles. The van der Waals surface area contributed by atoms with Gasteiger partial charge in [-0.1, -0.05) is 0 Å². The molecule has 0 saturated heterocycles. The largest absolute Gasteiger partial charge is 0.416 e. The van der Waals surface area contributed by atoms with Crippen LogP contribution in [0.15, 0.2) is 30.6 Å². The van der Waals surface area contributed by atoms with Gasteiger partial charge in [-0.05, 0) is 85.4 Å². The summed E-state index contributed by atoms with van der Waals surface area (Å²) in [6.45, 7) is 3.44. The summed E-state index contributed by atoms with van der Waals surface area (Å²) in [7, 11) is 0. The summed E-state index contributed by atoms with van der Waals surface area (Å²) in [6.07, 6.45) is 1.57. The minimum atomic E-state index is -4.40. The second-order valence-electron chi connectivity index (χ2n) is 7.13. The SMILES string of the molecule is CC(C)(C(=O)Nc1ccc(C(F)(F)F)cc1CC1CC1)n1cc(I)cn1. The van der Waals surface area contributed by atoms with Gasteiger partial charge in [-0.2, -0.15) is 18.3 Å². The van der Waals surface area contributed by atoms with Gasteiger partial charge in [0.15, 0.2) is 0 Å². The van der Waals surface area contributed by atoms with E-state index in [1.807, 2.05) is 0 Å². The zero-order valence-corrected chi connectivity index (χ0v) is 16.6. The number of carbonyl (C=O) groups is 1. The number of nitrogens with zero attached hydrogens (tertiary/aromatic N) is 2. The van der Waals surface area contributed by atoms with Gasteiger partial charge in [0.25, 0.3) is 5.91 Å². The van der Waals surface area contributed by atoms with Gasteiger partial charge in [0.1, 0.15) is 5.54 Å². The quantitative estimate of drug-likeness (QED) is 0.628. The second kappa shape index (κ2) is 6.86. The van der Waals surface area contributed by atoms with Gasteiger partial charge in [-0.25, -0.2) is 0 Å². The fraction of sp³-hybridized carbons (Fsp3) is 0.444. The van der Waals surface area contributed by atoms with Crippen LogP contribution in [0.25, 0.3) is 0 Å². The highest BCUT2D eigenvalue weighted by Gasteiger charge is 2.34. The fourth-order valence-corrected chi connectivity index (χ4v) is 3.07. The monoisotopic (exact) mass is 477 g/mol. The lowest BCUT2D eigenvalue weighted by molar-refractivity contribution is -0.137. The number of hydrogen-bond donors (Lipinski definition) is 1. The zero-order chi connectivity index (χ0) is 19.1. The Morgan fingerprint density at radius 3 is 2.58 bits per heavy atom. The number of nitrogens with one attached hydrogen (secondary N) is 1. The van der Waals surface area contributed by atoms with E-state index in [4.69, 9.17) is 0 Å². The molecule has 0 radical (unpaired) electrons. The molecule has 2 aromatic rings. The van der Waals surface area contributed by atoms with Crippen LogP contribution < -0.4 is 5.32 Å². The molecule has 1 aromatic heterocycles. The lowest BCUT2D eigenvalue weighted by Crippen LogP contribution is -2.40. The van der Waals surface area contributed by atoms with E-state index < -0.39 is 17.3 Å². The molecular formula is C18H19F3IN3O. The summed E-state index contributed by atoms with van der Waals surface area (Å²) < 4.78 is 41.5. The van der Waals surface area contributed by atoms with E-state index in [1.54, 1.807) is 30.9 Å². The van der Waals surface area contributed by atoms with Crippen LogP contribution in [0.1, 0.15) is 37.8 Å². The summed E-state index contributed by atoms with van der Waals surface area (Å²) in [5.41, 5.74) is -0.693. The Morgan fingerprint density at radius 1 is 1.35 bits per heavy atom. The van der Waals surface area contributed by atoms with Gasteiger partial charge in [0.05, 0.1) is 15.3 Å². The third kappa shape index (κ3) is 4.21. The van der Waals surface area contributed by atoms with E-state index in [0.29, 0.717) is 23.6 Å². The summed E-state index contributed by atoms with van der Waals surface area (Å²) in [4.78, 5) is 12.8. The van der Waals surface area contributed by atoms with Crippen LogP contribution in [0.5, 0.6) is 0 Å². The first-order valence-electron chi connectivity index (χ1n) is 8.29. The first-order chi connectivity index (χ1) is 12.1. The Bertz CT molecular complexity index is 825. The van der Waals surface area contributed by atoms with E-state index in [1.165, 1.54) is 6.07 Å². The molecule has 0 unspecified atom stereocenters. The van der Waals surface area contributed by atoms with Crippen LogP contribution in [0.2, 0.25) is 0 Å². The first-order valence-corrected chi connectivity index (χ1v) is 9.37. The maximum atomic E-state index is 13.0. The molecule has 0 bridgehead atoms. The Labute approximate surface area is 163 Å². The molecular weight excluding hydrogens is 458 g/mol. The van der Waals surface area contributed by atoms with Crippen molar-refractivity contribution in [3.8, 4) is 0 Å². The normalized spacial score (nSPS) is 15.2. The number of aromatic nitrogens is 2. The van der Waals surface area contributed by atoms with Crippen LogP contribution >= 0.6 is 22.6 Å². The first kappa shape index (κ1) is 19.2. The van der Waals surface area contributed by atoms with Crippen molar-refractivity contribution in [2.24, 2.45) is 5.92 Å². The van der Waals surface area contributed by atoms with Crippen LogP contribution in [-0.2, 0) is 22.9 Å². The number of benzene rings is 1. The average Bonchev–Trinajstić information content (AvgIpc) is 3.25. The predicted molar refractivity (Wildman–Crippen MR) is 101 cm³/mol.